The van der Waals surface area contributed by atoms with Crippen molar-refractivity contribution in [2.24, 2.45) is 17.8 Å². The first-order valence-electron chi connectivity index (χ1n) is 7.75. The molecule has 2 saturated heterocycles. The first-order valence-corrected chi connectivity index (χ1v) is 9.36. The van der Waals surface area contributed by atoms with Crippen molar-refractivity contribution in [3.63, 3.8) is 0 Å². The summed E-state index contributed by atoms with van der Waals surface area (Å²) in [4.78, 5) is 25.3. The zero-order chi connectivity index (χ0) is 16.5. The van der Waals surface area contributed by atoms with Crippen molar-refractivity contribution in [1.82, 2.24) is 9.21 Å². The third kappa shape index (κ3) is 3.43. The molecule has 0 aromatic rings. The highest BCUT2D eigenvalue weighted by atomic mass is 32.2. The first kappa shape index (κ1) is 17.2. The molecule has 0 bridgehead atoms. The van der Waals surface area contributed by atoms with E-state index in [4.69, 9.17) is 5.11 Å². The Bertz CT molecular complexity index is 547. The highest BCUT2D eigenvalue weighted by molar-refractivity contribution is 7.89. The number of sulfonamides is 1. The standard InChI is InChI=1S/C14H24N2O5S/c1-3-22(20,21)16-6-4-5-11(8-16)13(17)15-7-10(2)12(9-15)14(18)19/h10-12H,3-9H2,1-2H3,(H,18,19)/t10-,11?,12-/m1/s1. The Hall–Kier alpha value is -1.15. The fourth-order valence-corrected chi connectivity index (χ4v) is 4.49. The molecule has 2 fully saturated rings. The predicted octanol–water partition coefficient (Wildman–Crippen LogP) is 0.227. The summed E-state index contributed by atoms with van der Waals surface area (Å²) in [5.41, 5.74) is 0. The van der Waals surface area contributed by atoms with Crippen LogP contribution in [0, 0.1) is 17.8 Å². The van der Waals surface area contributed by atoms with Crippen molar-refractivity contribution < 1.29 is 23.1 Å². The van der Waals surface area contributed by atoms with E-state index in [2.05, 4.69) is 0 Å². The van der Waals surface area contributed by atoms with Crippen LogP contribution in [-0.2, 0) is 19.6 Å². The van der Waals surface area contributed by atoms with Crippen molar-refractivity contribution >= 4 is 21.9 Å². The zero-order valence-corrected chi connectivity index (χ0v) is 13.9. The second kappa shape index (κ2) is 6.54. The Morgan fingerprint density at radius 2 is 1.91 bits per heavy atom. The van der Waals surface area contributed by atoms with E-state index < -0.39 is 21.9 Å². The van der Waals surface area contributed by atoms with Gasteiger partial charge in [-0.2, -0.15) is 0 Å². The number of carbonyl (C=O) groups is 2. The van der Waals surface area contributed by atoms with Gasteiger partial charge < -0.3 is 10.0 Å². The monoisotopic (exact) mass is 332 g/mol. The molecule has 0 aromatic carbocycles. The van der Waals surface area contributed by atoms with E-state index in [0.717, 1.165) is 0 Å². The molecule has 126 valence electrons. The molecule has 1 unspecified atom stereocenters. The first-order chi connectivity index (χ1) is 10.3. The minimum atomic E-state index is -3.28. The van der Waals surface area contributed by atoms with Crippen LogP contribution in [0.5, 0.6) is 0 Å². The lowest BCUT2D eigenvalue weighted by Gasteiger charge is -2.33. The summed E-state index contributed by atoms with van der Waals surface area (Å²) in [6, 6.07) is 0. The minimum absolute atomic E-state index is 0.0374. The van der Waals surface area contributed by atoms with Gasteiger partial charge in [-0.1, -0.05) is 6.92 Å². The molecule has 2 rings (SSSR count). The quantitative estimate of drug-likeness (QED) is 0.795. The Morgan fingerprint density at radius 1 is 1.23 bits per heavy atom. The highest BCUT2D eigenvalue weighted by Crippen LogP contribution is 2.27. The summed E-state index contributed by atoms with van der Waals surface area (Å²) >= 11 is 0. The number of carboxylic acids is 1. The van der Waals surface area contributed by atoms with Crippen LogP contribution in [0.25, 0.3) is 0 Å². The molecular formula is C14H24N2O5S. The van der Waals surface area contributed by atoms with Crippen molar-refractivity contribution in [2.75, 3.05) is 31.9 Å². The molecule has 2 aliphatic rings. The lowest BCUT2D eigenvalue weighted by molar-refractivity contribution is -0.142. The Kier molecular flexibility index (Phi) is 5.11. The lowest BCUT2D eigenvalue weighted by atomic mass is 9.98. The Morgan fingerprint density at radius 3 is 2.45 bits per heavy atom. The van der Waals surface area contributed by atoms with Gasteiger partial charge in [-0.15, -0.1) is 0 Å². The molecule has 0 aromatic heterocycles. The lowest BCUT2D eigenvalue weighted by Crippen LogP contribution is -2.46. The molecule has 1 amide bonds. The van der Waals surface area contributed by atoms with Crippen LogP contribution in [0.4, 0.5) is 0 Å². The second-order valence-corrected chi connectivity index (χ2v) is 8.52. The SMILES string of the molecule is CCS(=O)(=O)N1CCCC(C(=O)N2C[C@@H](C)[C@H](C(=O)O)C2)C1. The average molecular weight is 332 g/mol. The van der Waals surface area contributed by atoms with Crippen LogP contribution in [0.15, 0.2) is 0 Å². The second-order valence-electron chi connectivity index (χ2n) is 6.26. The van der Waals surface area contributed by atoms with Gasteiger partial charge in [0, 0.05) is 26.2 Å². The number of aliphatic carboxylic acids is 1. The van der Waals surface area contributed by atoms with Gasteiger partial charge in [0.25, 0.3) is 0 Å². The van der Waals surface area contributed by atoms with Crippen LogP contribution in [0.1, 0.15) is 26.7 Å². The largest absolute Gasteiger partial charge is 0.481 e. The van der Waals surface area contributed by atoms with Crippen molar-refractivity contribution in [3.8, 4) is 0 Å². The molecule has 1 N–H and O–H groups in total. The third-order valence-corrected chi connectivity index (χ3v) is 6.58. The smallest absolute Gasteiger partial charge is 0.308 e. The summed E-state index contributed by atoms with van der Waals surface area (Å²) in [7, 11) is -3.28. The van der Waals surface area contributed by atoms with E-state index in [1.807, 2.05) is 6.92 Å². The molecule has 2 heterocycles. The minimum Gasteiger partial charge on any atom is -0.481 e. The van der Waals surface area contributed by atoms with Crippen LogP contribution >= 0.6 is 0 Å². The maximum atomic E-state index is 12.6. The van der Waals surface area contributed by atoms with Crippen molar-refractivity contribution in [2.45, 2.75) is 26.7 Å². The number of rotatable bonds is 4. The van der Waals surface area contributed by atoms with E-state index in [9.17, 15) is 18.0 Å². The van der Waals surface area contributed by atoms with E-state index in [-0.39, 0.29) is 36.6 Å². The number of piperidine rings is 1. The Labute approximate surface area is 131 Å². The summed E-state index contributed by atoms with van der Waals surface area (Å²) < 4.78 is 25.3. The maximum Gasteiger partial charge on any atom is 0.308 e. The average Bonchev–Trinajstić information content (AvgIpc) is 2.88. The van der Waals surface area contributed by atoms with Crippen molar-refractivity contribution in [1.29, 1.82) is 0 Å². The molecule has 3 atom stereocenters. The van der Waals surface area contributed by atoms with E-state index >= 15 is 0 Å². The molecule has 8 heteroatoms. The van der Waals surface area contributed by atoms with E-state index in [0.29, 0.717) is 25.9 Å². The number of carbonyl (C=O) groups excluding carboxylic acids is 1. The molecule has 0 saturated carbocycles. The number of hydrogen-bond acceptors (Lipinski definition) is 4. The van der Waals surface area contributed by atoms with Crippen LogP contribution in [0.2, 0.25) is 0 Å². The highest BCUT2D eigenvalue weighted by Gasteiger charge is 2.40. The number of hydrogen-bond donors (Lipinski definition) is 1. The fourth-order valence-electron chi connectivity index (χ4n) is 3.31. The summed E-state index contributed by atoms with van der Waals surface area (Å²) in [6.45, 7) is 4.78. The summed E-state index contributed by atoms with van der Waals surface area (Å²) in [5, 5.41) is 9.15. The van der Waals surface area contributed by atoms with Gasteiger partial charge in [0.2, 0.25) is 15.9 Å². The summed E-state index contributed by atoms with van der Waals surface area (Å²) in [5.74, 6) is -1.89. The van der Waals surface area contributed by atoms with E-state index in [1.54, 1.807) is 11.8 Å². The van der Waals surface area contributed by atoms with Gasteiger partial charge >= 0.3 is 5.97 Å². The molecule has 0 aliphatic carbocycles. The van der Waals surface area contributed by atoms with Gasteiger partial charge in [-0.25, -0.2) is 12.7 Å². The third-order valence-electron chi connectivity index (χ3n) is 4.73. The molecule has 2 aliphatic heterocycles. The maximum absolute atomic E-state index is 12.6. The van der Waals surface area contributed by atoms with Crippen LogP contribution in [-0.4, -0.2) is 66.5 Å². The molecule has 22 heavy (non-hydrogen) atoms. The molecule has 0 radical (unpaired) electrons. The molecular weight excluding hydrogens is 308 g/mol. The molecule has 0 spiro atoms. The number of likely N-dealkylation sites (tertiary alicyclic amines) is 1. The van der Waals surface area contributed by atoms with Crippen LogP contribution in [0.3, 0.4) is 0 Å². The van der Waals surface area contributed by atoms with E-state index in [1.165, 1.54) is 4.31 Å². The van der Waals surface area contributed by atoms with Gasteiger partial charge in [0.15, 0.2) is 0 Å². The van der Waals surface area contributed by atoms with Gasteiger partial charge in [0.05, 0.1) is 17.6 Å². The number of amides is 1. The fraction of sp³-hybridized carbons (Fsp3) is 0.857. The number of nitrogens with zero attached hydrogens (tertiary/aromatic N) is 2. The zero-order valence-electron chi connectivity index (χ0n) is 13.1. The Balaban J connectivity index is 2.03. The topological polar surface area (TPSA) is 95.0 Å². The van der Waals surface area contributed by atoms with Crippen molar-refractivity contribution in [3.05, 3.63) is 0 Å². The predicted molar refractivity (Wildman–Crippen MR) is 80.6 cm³/mol. The summed E-state index contributed by atoms with van der Waals surface area (Å²) in [6.07, 6.45) is 1.33. The number of carboxylic acid groups (broad SMARTS) is 1. The van der Waals surface area contributed by atoms with Gasteiger partial charge in [-0.3, -0.25) is 9.59 Å². The van der Waals surface area contributed by atoms with Gasteiger partial charge in [0.1, 0.15) is 0 Å². The molecule has 7 nitrogen and oxygen atoms in total. The van der Waals surface area contributed by atoms with Gasteiger partial charge in [-0.05, 0) is 25.7 Å². The normalized spacial score (nSPS) is 30.5. The van der Waals surface area contributed by atoms with Crippen LogP contribution < -0.4 is 0 Å².